The van der Waals surface area contributed by atoms with Crippen molar-refractivity contribution < 1.29 is 14.3 Å². The van der Waals surface area contributed by atoms with Crippen LogP contribution in [0.25, 0.3) is 0 Å². The van der Waals surface area contributed by atoms with Gasteiger partial charge in [-0.1, -0.05) is 18.1 Å². The average molecular weight is 414 g/mol. The van der Waals surface area contributed by atoms with Gasteiger partial charge in [0.25, 0.3) is 0 Å². The maximum absolute atomic E-state index is 12.4. The summed E-state index contributed by atoms with van der Waals surface area (Å²) in [6.07, 6.45) is 6.57. The van der Waals surface area contributed by atoms with Crippen LogP contribution in [0.5, 0.6) is 0 Å². The molecule has 0 heterocycles. The van der Waals surface area contributed by atoms with Crippen LogP contribution in [0.4, 0.5) is 0 Å². The van der Waals surface area contributed by atoms with E-state index in [1.807, 2.05) is 45.0 Å². The molecule has 0 saturated carbocycles. The molecule has 0 bridgehead atoms. The number of rotatable bonds is 7. The number of methoxy groups -OCH3 is 1. The summed E-state index contributed by atoms with van der Waals surface area (Å²) in [5.74, 6) is 2.25. The number of halogens is 1. The predicted molar refractivity (Wildman–Crippen MR) is 96.6 cm³/mol. The summed E-state index contributed by atoms with van der Waals surface area (Å²) in [5, 5.41) is 0. The lowest BCUT2D eigenvalue weighted by molar-refractivity contribution is -0.147. The van der Waals surface area contributed by atoms with Crippen molar-refractivity contribution in [2.24, 2.45) is 0 Å². The quantitative estimate of drug-likeness (QED) is 0.385. The molecule has 0 fully saturated rings. The van der Waals surface area contributed by atoms with Crippen molar-refractivity contribution >= 4 is 28.6 Å². The van der Waals surface area contributed by atoms with Gasteiger partial charge in [0.2, 0.25) is 0 Å². The fourth-order valence-corrected chi connectivity index (χ4v) is 2.82. The van der Waals surface area contributed by atoms with E-state index in [4.69, 9.17) is 15.9 Å². The lowest BCUT2D eigenvalue weighted by atomic mass is 9.76. The molecular formula is C18H23IO3. The van der Waals surface area contributed by atoms with Gasteiger partial charge in [0.15, 0.2) is 0 Å². The molecule has 4 heteroatoms. The van der Waals surface area contributed by atoms with Gasteiger partial charge in [0.1, 0.15) is 6.61 Å². The third-order valence-electron chi connectivity index (χ3n) is 3.87. The number of hydrogen-bond donors (Lipinski definition) is 0. The molecule has 0 N–H and O–H groups in total. The standard InChI is InChI=1S/C18H23IO3/c1-6-12-22-17(2,3)10-11-18(4,16(20)21-5)14-8-7-9-15(19)13-14/h1,7-9,13H,10-12H2,2-5H3. The highest BCUT2D eigenvalue weighted by Crippen LogP contribution is 2.34. The predicted octanol–water partition coefficient (Wildman–Crippen LogP) is 3.93. The number of terminal acetylenes is 1. The lowest BCUT2D eigenvalue weighted by Gasteiger charge is -2.32. The van der Waals surface area contributed by atoms with Crippen LogP contribution in [-0.2, 0) is 19.7 Å². The zero-order valence-corrected chi connectivity index (χ0v) is 15.8. The van der Waals surface area contributed by atoms with E-state index < -0.39 is 5.41 Å². The highest BCUT2D eigenvalue weighted by molar-refractivity contribution is 14.1. The molecule has 1 unspecified atom stereocenters. The number of carbonyl (C=O) groups excluding carboxylic acids is 1. The highest BCUT2D eigenvalue weighted by Gasteiger charge is 2.38. The minimum absolute atomic E-state index is 0.234. The topological polar surface area (TPSA) is 35.5 Å². The minimum Gasteiger partial charge on any atom is -0.468 e. The Kier molecular flexibility index (Phi) is 6.89. The number of esters is 1. The zero-order chi connectivity index (χ0) is 16.8. The van der Waals surface area contributed by atoms with Crippen molar-refractivity contribution in [3.8, 4) is 12.3 Å². The van der Waals surface area contributed by atoms with Gasteiger partial charge < -0.3 is 9.47 Å². The first kappa shape index (κ1) is 19.0. The van der Waals surface area contributed by atoms with Crippen LogP contribution in [0, 0.1) is 15.9 Å². The zero-order valence-electron chi connectivity index (χ0n) is 13.6. The van der Waals surface area contributed by atoms with Crippen molar-refractivity contribution in [1.82, 2.24) is 0 Å². The smallest absolute Gasteiger partial charge is 0.315 e. The summed E-state index contributed by atoms with van der Waals surface area (Å²) in [6, 6.07) is 7.95. The monoisotopic (exact) mass is 414 g/mol. The molecule has 0 aliphatic heterocycles. The van der Waals surface area contributed by atoms with Crippen LogP contribution in [0.1, 0.15) is 39.2 Å². The molecule has 0 saturated heterocycles. The molecule has 3 nitrogen and oxygen atoms in total. The van der Waals surface area contributed by atoms with E-state index in [0.717, 1.165) is 9.13 Å². The summed E-state index contributed by atoms with van der Waals surface area (Å²) in [7, 11) is 1.43. The SMILES string of the molecule is C#CCOC(C)(C)CCC(C)(C(=O)OC)c1cccc(I)c1. The molecule has 0 aliphatic rings. The number of hydrogen-bond acceptors (Lipinski definition) is 3. The van der Waals surface area contributed by atoms with E-state index in [2.05, 4.69) is 28.5 Å². The second-order valence-electron chi connectivity index (χ2n) is 6.09. The summed E-state index contributed by atoms with van der Waals surface area (Å²) in [4.78, 5) is 12.4. The molecule has 120 valence electrons. The van der Waals surface area contributed by atoms with E-state index >= 15 is 0 Å². The molecule has 0 radical (unpaired) electrons. The summed E-state index contributed by atoms with van der Waals surface area (Å²) < 4.78 is 11.8. The van der Waals surface area contributed by atoms with E-state index in [1.165, 1.54) is 7.11 Å². The molecule has 22 heavy (non-hydrogen) atoms. The normalized spacial score (nSPS) is 14.0. The molecule has 1 atom stereocenters. The molecule has 1 rings (SSSR count). The van der Waals surface area contributed by atoms with E-state index in [1.54, 1.807) is 0 Å². The van der Waals surface area contributed by atoms with Gasteiger partial charge in [0.05, 0.1) is 18.1 Å². The minimum atomic E-state index is -0.702. The first-order valence-electron chi connectivity index (χ1n) is 7.17. The summed E-state index contributed by atoms with van der Waals surface area (Å²) in [5.41, 5.74) is -0.130. The number of carbonyl (C=O) groups is 1. The van der Waals surface area contributed by atoms with E-state index in [0.29, 0.717) is 12.8 Å². The summed E-state index contributed by atoms with van der Waals surface area (Å²) >= 11 is 2.24. The van der Waals surface area contributed by atoms with Gasteiger partial charge in [-0.3, -0.25) is 4.79 Å². The maximum atomic E-state index is 12.4. The Bertz CT molecular complexity index is 560. The van der Waals surface area contributed by atoms with Crippen molar-refractivity contribution in [3.05, 3.63) is 33.4 Å². The molecule has 0 aromatic heterocycles. The van der Waals surface area contributed by atoms with Gasteiger partial charge in [-0.15, -0.1) is 6.42 Å². The van der Waals surface area contributed by atoms with Gasteiger partial charge in [-0.2, -0.15) is 0 Å². The van der Waals surface area contributed by atoms with Crippen molar-refractivity contribution in [2.45, 2.75) is 44.6 Å². The average Bonchev–Trinajstić information content (AvgIpc) is 2.50. The van der Waals surface area contributed by atoms with E-state index in [9.17, 15) is 4.79 Å². The van der Waals surface area contributed by atoms with Crippen LogP contribution >= 0.6 is 22.6 Å². The van der Waals surface area contributed by atoms with Gasteiger partial charge >= 0.3 is 5.97 Å². The van der Waals surface area contributed by atoms with Gasteiger partial charge in [-0.25, -0.2) is 0 Å². The van der Waals surface area contributed by atoms with Gasteiger partial charge in [-0.05, 0) is 73.9 Å². The fraction of sp³-hybridized carbons (Fsp3) is 0.500. The van der Waals surface area contributed by atoms with E-state index in [-0.39, 0.29) is 18.2 Å². The number of benzene rings is 1. The van der Waals surface area contributed by atoms with Crippen LogP contribution in [0.2, 0.25) is 0 Å². The number of ether oxygens (including phenoxy) is 2. The molecule has 0 amide bonds. The van der Waals surface area contributed by atoms with Crippen LogP contribution in [0.15, 0.2) is 24.3 Å². The Hall–Kier alpha value is -1.06. The first-order valence-corrected chi connectivity index (χ1v) is 8.25. The molecule has 1 aromatic rings. The van der Waals surface area contributed by atoms with Crippen LogP contribution in [-0.4, -0.2) is 25.3 Å². The molecule has 0 aliphatic carbocycles. The molecular weight excluding hydrogens is 391 g/mol. The Morgan fingerprint density at radius 1 is 1.32 bits per heavy atom. The third-order valence-corrected chi connectivity index (χ3v) is 4.54. The molecule has 0 spiro atoms. The Labute approximate surface area is 146 Å². The Balaban J connectivity index is 2.99. The Morgan fingerprint density at radius 3 is 2.55 bits per heavy atom. The fourth-order valence-electron chi connectivity index (χ4n) is 2.28. The van der Waals surface area contributed by atoms with Crippen molar-refractivity contribution in [2.75, 3.05) is 13.7 Å². The van der Waals surface area contributed by atoms with Gasteiger partial charge in [0, 0.05) is 3.57 Å². The van der Waals surface area contributed by atoms with Crippen LogP contribution in [0.3, 0.4) is 0 Å². The second kappa shape index (κ2) is 7.98. The largest absolute Gasteiger partial charge is 0.468 e. The summed E-state index contributed by atoms with van der Waals surface area (Å²) in [6.45, 7) is 6.15. The third kappa shape index (κ3) is 4.99. The second-order valence-corrected chi connectivity index (χ2v) is 7.33. The molecule has 1 aromatic carbocycles. The highest BCUT2D eigenvalue weighted by atomic mass is 127. The van der Waals surface area contributed by atoms with Crippen molar-refractivity contribution in [1.29, 1.82) is 0 Å². The first-order chi connectivity index (χ1) is 10.2. The Morgan fingerprint density at radius 2 is 2.00 bits per heavy atom. The van der Waals surface area contributed by atoms with Crippen molar-refractivity contribution in [3.63, 3.8) is 0 Å². The maximum Gasteiger partial charge on any atom is 0.315 e. The van der Waals surface area contributed by atoms with Crippen LogP contribution < -0.4 is 0 Å². The lowest BCUT2D eigenvalue weighted by Crippen LogP contribution is -2.37.